The molecular weight excluding hydrogens is 325 g/mol. The zero-order valence-corrected chi connectivity index (χ0v) is 13.0. The van der Waals surface area contributed by atoms with Crippen molar-refractivity contribution >= 4 is 11.6 Å². The Balaban J connectivity index is 2.09. The smallest absolute Gasteiger partial charge is 0.439 e. The van der Waals surface area contributed by atoms with Crippen LogP contribution in [0.1, 0.15) is 41.6 Å². The second-order valence-corrected chi connectivity index (χ2v) is 6.20. The standard InChI is InChI=1S/C16H17F3N2O3/c1-9-5-4-6-10(13(9)22)14(23)21-15(24,16(17,18)19)11-7-2-3-8-12(11)20-21/h4-6,11,22,24H,2-3,7-8H2,1H3/t11-,15+/m0/s1. The van der Waals surface area contributed by atoms with Crippen molar-refractivity contribution in [2.45, 2.75) is 44.5 Å². The maximum absolute atomic E-state index is 13.6. The van der Waals surface area contributed by atoms with Crippen LogP contribution in [0.4, 0.5) is 13.2 Å². The number of amides is 1. The molecule has 0 unspecified atom stereocenters. The van der Waals surface area contributed by atoms with Gasteiger partial charge in [0.05, 0.1) is 11.5 Å². The lowest BCUT2D eigenvalue weighted by atomic mass is 9.80. The molecule has 1 aliphatic carbocycles. The molecule has 0 aromatic heterocycles. The Morgan fingerprint density at radius 3 is 2.75 bits per heavy atom. The molecule has 1 heterocycles. The van der Waals surface area contributed by atoms with E-state index in [-0.39, 0.29) is 22.7 Å². The van der Waals surface area contributed by atoms with Gasteiger partial charge in [0.1, 0.15) is 5.75 Å². The van der Waals surface area contributed by atoms with E-state index in [1.165, 1.54) is 25.1 Å². The minimum atomic E-state index is -5.06. The van der Waals surface area contributed by atoms with E-state index in [1.807, 2.05) is 0 Å². The lowest BCUT2D eigenvalue weighted by Gasteiger charge is -2.38. The van der Waals surface area contributed by atoms with Crippen LogP contribution in [0.15, 0.2) is 23.3 Å². The van der Waals surface area contributed by atoms with Gasteiger partial charge in [-0.3, -0.25) is 4.79 Å². The average molecular weight is 342 g/mol. The van der Waals surface area contributed by atoms with Gasteiger partial charge in [-0.25, -0.2) is 0 Å². The quantitative estimate of drug-likeness (QED) is 0.824. The fraction of sp³-hybridized carbons (Fsp3) is 0.500. The van der Waals surface area contributed by atoms with E-state index in [9.17, 15) is 28.2 Å². The number of nitrogens with zero attached hydrogens (tertiary/aromatic N) is 2. The van der Waals surface area contributed by atoms with Gasteiger partial charge in [-0.15, -0.1) is 0 Å². The van der Waals surface area contributed by atoms with Gasteiger partial charge in [0.15, 0.2) is 0 Å². The van der Waals surface area contributed by atoms with E-state index in [0.29, 0.717) is 24.8 Å². The third-order valence-corrected chi connectivity index (χ3v) is 4.69. The first-order valence-corrected chi connectivity index (χ1v) is 7.67. The molecular formula is C16H17F3N2O3. The number of para-hydroxylation sites is 1. The van der Waals surface area contributed by atoms with Crippen molar-refractivity contribution in [3.05, 3.63) is 29.3 Å². The SMILES string of the molecule is Cc1cccc(C(=O)N2N=C3CCCC[C@@H]3[C@@]2(O)C(F)(F)F)c1O. The number of carbonyl (C=O) groups is 1. The topological polar surface area (TPSA) is 73.1 Å². The molecule has 130 valence electrons. The second kappa shape index (κ2) is 5.47. The van der Waals surface area contributed by atoms with E-state index >= 15 is 0 Å². The van der Waals surface area contributed by atoms with Crippen molar-refractivity contribution in [2.24, 2.45) is 11.0 Å². The monoisotopic (exact) mass is 342 g/mol. The van der Waals surface area contributed by atoms with E-state index in [2.05, 4.69) is 5.10 Å². The number of carbonyl (C=O) groups excluding carboxylic acids is 1. The molecule has 1 amide bonds. The Morgan fingerprint density at radius 1 is 1.38 bits per heavy atom. The van der Waals surface area contributed by atoms with E-state index in [1.54, 1.807) is 0 Å². The molecule has 8 heteroatoms. The molecule has 0 bridgehead atoms. The molecule has 0 spiro atoms. The van der Waals surface area contributed by atoms with Crippen molar-refractivity contribution in [3.8, 4) is 5.75 Å². The second-order valence-electron chi connectivity index (χ2n) is 6.20. The van der Waals surface area contributed by atoms with Crippen molar-refractivity contribution in [3.63, 3.8) is 0 Å². The van der Waals surface area contributed by atoms with Crippen LogP contribution in [0.2, 0.25) is 0 Å². The van der Waals surface area contributed by atoms with Crippen molar-refractivity contribution in [2.75, 3.05) is 0 Å². The minimum Gasteiger partial charge on any atom is -0.507 e. The van der Waals surface area contributed by atoms with Crippen LogP contribution < -0.4 is 0 Å². The number of alkyl halides is 3. The molecule has 1 saturated carbocycles. The van der Waals surface area contributed by atoms with Gasteiger partial charge in [0, 0.05) is 5.71 Å². The van der Waals surface area contributed by atoms with Crippen LogP contribution in [0.5, 0.6) is 5.75 Å². The molecule has 2 aliphatic rings. The number of halogens is 3. The third-order valence-electron chi connectivity index (χ3n) is 4.69. The van der Waals surface area contributed by atoms with Crippen LogP contribution in [0.25, 0.3) is 0 Å². The van der Waals surface area contributed by atoms with Gasteiger partial charge in [-0.2, -0.15) is 23.3 Å². The van der Waals surface area contributed by atoms with Gasteiger partial charge in [-0.1, -0.05) is 18.6 Å². The largest absolute Gasteiger partial charge is 0.507 e. The average Bonchev–Trinajstić information content (AvgIpc) is 2.84. The Kier molecular flexibility index (Phi) is 3.82. The molecule has 1 aromatic rings. The van der Waals surface area contributed by atoms with E-state index in [4.69, 9.17) is 0 Å². The molecule has 2 atom stereocenters. The van der Waals surface area contributed by atoms with Gasteiger partial charge in [0.2, 0.25) is 0 Å². The van der Waals surface area contributed by atoms with Gasteiger partial charge >= 0.3 is 6.18 Å². The normalized spacial score (nSPS) is 27.0. The summed E-state index contributed by atoms with van der Waals surface area (Å²) in [6.45, 7) is 1.53. The number of rotatable bonds is 1. The predicted octanol–water partition coefficient (Wildman–Crippen LogP) is 2.95. The third kappa shape index (κ3) is 2.28. The fourth-order valence-electron chi connectivity index (χ4n) is 3.36. The number of benzene rings is 1. The Hall–Kier alpha value is -2.09. The molecule has 2 N–H and O–H groups in total. The molecule has 24 heavy (non-hydrogen) atoms. The maximum Gasteiger partial charge on any atom is 0.439 e. The van der Waals surface area contributed by atoms with Crippen LogP contribution in [0.3, 0.4) is 0 Å². The first kappa shape index (κ1) is 16.8. The number of phenols is 1. The highest BCUT2D eigenvalue weighted by atomic mass is 19.4. The Labute approximate surface area is 136 Å². The van der Waals surface area contributed by atoms with Crippen LogP contribution in [0, 0.1) is 12.8 Å². The first-order valence-electron chi connectivity index (χ1n) is 7.67. The van der Waals surface area contributed by atoms with E-state index in [0.717, 1.165) is 0 Å². The number of hydrogen-bond acceptors (Lipinski definition) is 4. The number of aromatic hydroxyl groups is 1. The Morgan fingerprint density at radius 2 is 2.08 bits per heavy atom. The van der Waals surface area contributed by atoms with Crippen molar-refractivity contribution < 1.29 is 28.2 Å². The predicted molar refractivity (Wildman–Crippen MR) is 79.4 cm³/mol. The molecule has 1 aliphatic heterocycles. The summed E-state index contributed by atoms with van der Waals surface area (Å²) in [4.78, 5) is 12.6. The summed E-state index contributed by atoms with van der Waals surface area (Å²) in [7, 11) is 0. The molecule has 0 radical (unpaired) electrons. The molecule has 3 rings (SSSR count). The van der Waals surface area contributed by atoms with Crippen LogP contribution in [-0.2, 0) is 0 Å². The molecule has 1 aromatic carbocycles. The summed E-state index contributed by atoms with van der Waals surface area (Å²) >= 11 is 0. The molecule has 5 nitrogen and oxygen atoms in total. The summed E-state index contributed by atoms with van der Waals surface area (Å²) in [6.07, 6.45) is -3.44. The highest BCUT2D eigenvalue weighted by molar-refractivity contribution is 6.01. The maximum atomic E-state index is 13.6. The number of hydrogen-bond donors (Lipinski definition) is 2. The zero-order valence-electron chi connectivity index (χ0n) is 13.0. The number of aliphatic hydroxyl groups is 1. The molecule has 1 fully saturated rings. The van der Waals surface area contributed by atoms with Crippen LogP contribution >= 0.6 is 0 Å². The number of hydrazone groups is 1. The minimum absolute atomic E-state index is 0.104. The summed E-state index contributed by atoms with van der Waals surface area (Å²) < 4.78 is 40.9. The highest BCUT2D eigenvalue weighted by Gasteiger charge is 2.68. The van der Waals surface area contributed by atoms with Crippen LogP contribution in [-0.4, -0.2) is 38.7 Å². The number of phenolic OH excluding ortho intramolecular Hbond substituents is 1. The summed E-state index contributed by atoms with van der Waals surface area (Å²) in [5, 5.41) is 24.4. The summed E-state index contributed by atoms with van der Waals surface area (Å²) in [5.74, 6) is -2.85. The fourth-order valence-corrected chi connectivity index (χ4v) is 3.36. The van der Waals surface area contributed by atoms with E-state index < -0.39 is 29.5 Å². The highest BCUT2D eigenvalue weighted by Crippen LogP contribution is 2.48. The van der Waals surface area contributed by atoms with Gasteiger partial charge in [-0.05, 0) is 37.8 Å². The van der Waals surface area contributed by atoms with Gasteiger partial charge in [0.25, 0.3) is 11.6 Å². The zero-order chi connectivity index (χ0) is 17.7. The number of fused-ring (bicyclic) bond motifs is 1. The molecule has 0 saturated heterocycles. The van der Waals surface area contributed by atoms with Gasteiger partial charge < -0.3 is 10.2 Å². The first-order chi connectivity index (χ1) is 11.2. The summed E-state index contributed by atoms with van der Waals surface area (Å²) in [6, 6.07) is 4.19. The summed E-state index contributed by atoms with van der Waals surface area (Å²) in [5.41, 5.74) is -3.17. The van der Waals surface area contributed by atoms with Crippen molar-refractivity contribution in [1.29, 1.82) is 0 Å². The lowest BCUT2D eigenvalue weighted by Crippen LogP contribution is -2.61. The Bertz CT molecular complexity index is 717. The van der Waals surface area contributed by atoms with Crippen molar-refractivity contribution in [1.82, 2.24) is 5.01 Å². The number of aryl methyl sites for hydroxylation is 1. The lowest BCUT2D eigenvalue weighted by molar-refractivity contribution is -0.312.